The van der Waals surface area contributed by atoms with Crippen LogP contribution >= 0.6 is 15.9 Å². The standard InChI is InChI=1S/C20H23BrN2O3/c1-3-18(16-9-11-17(21)12-10-16)23-19(24)14(2)22-20(25)26-13-15-7-5-4-6-8-15/h4-12,14,18H,3,13H2,1-2H3,(H,22,25)(H,23,24)/t14-,18-/m0/s1. The molecule has 0 spiro atoms. The Bertz CT molecular complexity index is 720. The van der Waals surface area contributed by atoms with Gasteiger partial charge in [-0.15, -0.1) is 0 Å². The predicted octanol–water partition coefficient (Wildman–Crippen LogP) is 4.33. The minimum absolute atomic E-state index is 0.111. The van der Waals surface area contributed by atoms with Crippen LogP contribution in [0.4, 0.5) is 4.79 Å². The van der Waals surface area contributed by atoms with Gasteiger partial charge in [0, 0.05) is 4.47 Å². The maximum absolute atomic E-state index is 12.4. The molecule has 2 aromatic rings. The molecule has 0 aliphatic rings. The molecule has 0 fully saturated rings. The van der Waals surface area contributed by atoms with E-state index in [1.54, 1.807) is 6.92 Å². The zero-order valence-electron chi connectivity index (χ0n) is 14.9. The first kappa shape index (κ1) is 20.0. The zero-order chi connectivity index (χ0) is 18.9. The fraction of sp³-hybridized carbons (Fsp3) is 0.300. The molecular weight excluding hydrogens is 396 g/mol. The zero-order valence-corrected chi connectivity index (χ0v) is 16.5. The molecule has 2 N–H and O–H groups in total. The van der Waals surface area contributed by atoms with Gasteiger partial charge in [-0.3, -0.25) is 4.79 Å². The number of carbonyl (C=O) groups excluding carboxylic acids is 2. The Labute approximate surface area is 162 Å². The quantitative estimate of drug-likeness (QED) is 0.702. The van der Waals surface area contributed by atoms with Crippen molar-refractivity contribution in [2.24, 2.45) is 0 Å². The second-order valence-electron chi connectivity index (χ2n) is 5.95. The van der Waals surface area contributed by atoms with Crippen molar-refractivity contribution in [3.05, 3.63) is 70.2 Å². The van der Waals surface area contributed by atoms with Gasteiger partial charge in [-0.25, -0.2) is 4.79 Å². The summed E-state index contributed by atoms with van der Waals surface area (Å²) in [7, 11) is 0. The van der Waals surface area contributed by atoms with Crippen molar-refractivity contribution in [2.75, 3.05) is 0 Å². The van der Waals surface area contributed by atoms with Crippen molar-refractivity contribution in [3.8, 4) is 0 Å². The highest BCUT2D eigenvalue weighted by Crippen LogP contribution is 2.19. The molecule has 2 atom stereocenters. The second-order valence-corrected chi connectivity index (χ2v) is 6.86. The minimum Gasteiger partial charge on any atom is -0.445 e. The molecule has 138 valence electrons. The molecule has 0 heterocycles. The lowest BCUT2D eigenvalue weighted by atomic mass is 10.0. The number of carbonyl (C=O) groups is 2. The lowest BCUT2D eigenvalue weighted by Crippen LogP contribution is -2.45. The second kappa shape index (κ2) is 9.97. The number of rotatable bonds is 7. The van der Waals surface area contributed by atoms with Crippen LogP contribution in [0, 0.1) is 0 Å². The van der Waals surface area contributed by atoms with Crippen molar-refractivity contribution in [2.45, 2.75) is 39.0 Å². The van der Waals surface area contributed by atoms with Crippen LogP contribution in [0.1, 0.15) is 37.4 Å². The van der Waals surface area contributed by atoms with Crippen LogP contribution < -0.4 is 10.6 Å². The predicted molar refractivity (Wildman–Crippen MR) is 105 cm³/mol. The highest BCUT2D eigenvalue weighted by Gasteiger charge is 2.20. The number of amides is 2. The molecule has 0 bridgehead atoms. The summed E-state index contributed by atoms with van der Waals surface area (Å²) in [4.78, 5) is 24.2. The van der Waals surface area contributed by atoms with Gasteiger partial charge in [-0.2, -0.15) is 0 Å². The van der Waals surface area contributed by atoms with Gasteiger partial charge < -0.3 is 15.4 Å². The summed E-state index contributed by atoms with van der Waals surface area (Å²) in [5.74, 6) is -0.253. The molecule has 0 aromatic heterocycles. The summed E-state index contributed by atoms with van der Waals surface area (Å²) in [5.41, 5.74) is 1.91. The molecule has 0 unspecified atom stereocenters. The van der Waals surface area contributed by atoms with Crippen LogP contribution in [0.5, 0.6) is 0 Å². The number of hydrogen-bond acceptors (Lipinski definition) is 3. The Morgan fingerprint density at radius 1 is 1.04 bits per heavy atom. The van der Waals surface area contributed by atoms with Crippen LogP contribution in [0.25, 0.3) is 0 Å². The van der Waals surface area contributed by atoms with E-state index in [-0.39, 0.29) is 18.6 Å². The van der Waals surface area contributed by atoms with Gasteiger partial charge in [0.05, 0.1) is 6.04 Å². The fourth-order valence-corrected chi connectivity index (χ4v) is 2.68. The molecule has 2 rings (SSSR count). The summed E-state index contributed by atoms with van der Waals surface area (Å²) >= 11 is 3.40. The Morgan fingerprint density at radius 2 is 1.69 bits per heavy atom. The molecule has 0 saturated carbocycles. The third-order valence-electron chi connectivity index (χ3n) is 3.94. The van der Waals surface area contributed by atoms with Crippen molar-refractivity contribution in [3.63, 3.8) is 0 Å². The normalized spacial score (nSPS) is 12.7. The maximum Gasteiger partial charge on any atom is 0.408 e. The van der Waals surface area contributed by atoms with Crippen LogP contribution in [-0.2, 0) is 16.1 Å². The first-order valence-corrected chi connectivity index (χ1v) is 9.32. The van der Waals surface area contributed by atoms with E-state index in [0.717, 1.165) is 22.0 Å². The highest BCUT2D eigenvalue weighted by molar-refractivity contribution is 9.10. The number of benzene rings is 2. The summed E-state index contributed by atoms with van der Waals surface area (Å²) in [5, 5.41) is 5.52. The number of alkyl carbamates (subject to hydrolysis) is 1. The fourth-order valence-electron chi connectivity index (χ4n) is 2.42. The molecule has 0 aliphatic heterocycles. The van der Waals surface area contributed by atoms with E-state index in [1.165, 1.54) is 0 Å². The van der Waals surface area contributed by atoms with Gasteiger partial charge in [-0.1, -0.05) is 65.3 Å². The molecule has 5 nitrogen and oxygen atoms in total. The summed E-state index contributed by atoms with van der Waals surface area (Å²) in [6.07, 6.45) is 0.131. The van der Waals surface area contributed by atoms with Gasteiger partial charge >= 0.3 is 6.09 Å². The van der Waals surface area contributed by atoms with E-state index < -0.39 is 12.1 Å². The smallest absolute Gasteiger partial charge is 0.408 e. The van der Waals surface area contributed by atoms with Crippen molar-refractivity contribution in [1.82, 2.24) is 10.6 Å². The largest absolute Gasteiger partial charge is 0.445 e. The van der Waals surface area contributed by atoms with Crippen LogP contribution in [-0.4, -0.2) is 18.0 Å². The van der Waals surface area contributed by atoms with Crippen molar-refractivity contribution >= 4 is 27.9 Å². The molecular formula is C20H23BrN2O3. The van der Waals surface area contributed by atoms with E-state index in [9.17, 15) is 9.59 Å². The first-order chi connectivity index (χ1) is 12.5. The Hall–Kier alpha value is -2.34. The molecule has 2 amide bonds. The van der Waals surface area contributed by atoms with Gasteiger partial charge in [0.2, 0.25) is 5.91 Å². The van der Waals surface area contributed by atoms with Crippen molar-refractivity contribution < 1.29 is 14.3 Å². The van der Waals surface area contributed by atoms with Crippen LogP contribution in [0.3, 0.4) is 0 Å². The average Bonchev–Trinajstić information content (AvgIpc) is 2.66. The van der Waals surface area contributed by atoms with Gasteiger partial charge in [0.1, 0.15) is 12.6 Å². The Morgan fingerprint density at radius 3 is 2.31 bits per heavy atom. The van der Waals surface area contributed by atoms with Crippen LogP contribution in [0.2, 0.25) is 0 Å². The first-order valence-electron chi connectivity index (χ1n) is 8.52. The Balaban J connectivity index is 1.83. The summed E-state index contributed by atoms with van der Waals surface area (Å²) in [6.45, 7) is 3.80. The monoisotopic (exact) mass is 418 g/mol. The number of ether oxygens (including phenoxy) is 1. The maximum atomic E-state index is 12.4. The molecule has 0 radical (unpaired) electrons. The van der Waals surface area contributed by atoms with E-state index in [1.807, 2.05) is 61.5 Å². The molecule has 0 saturated heterocycles. The van der Waals surface area contributed by atoms with Gasteiger partial charge in [0.25, 0.3) is 0 Å². The molecule has 2 aromatic carbocycles. The Kier molecular flexibility index (Phi) is 7.66. The summed E-state index contributed by atoms with van der Waals surface area (Å²) in [6, 6.07) is 16.4. The van der Waals surface area contributed by atoms with Gasteiger partial charge in [-0.05, 0) is 36.6 Å². The lowest BCUT2D eigenvalue weighted by Gasteiger charge is -2.21. The molecule has 26 heavy (non-hydrogen) atoms. The van der Waals surface area contributed by atoms with Crippen molar-refractivity contribution in [1.29, 1.82) is 0 Å². The lowest BCUT2D eigenvalue weighted by molar-refractivity contribution is -0.123. The third-order valence-corrected chi connectivity index (χ3v) is 4.47. The van der Waals surface area contributed by atoms with E-state index in [0.29, 0.717) is 0 Å². The number of hydrogen-bond donors (Lipinski definition) is 2. The summed E-state index contributed by atoms with van der Waals surface area (Å²) < 4.78 is 6.13. The molecule has 0 aliphatic carbocycles. The average molecular weight is 419 g/mol. The number of halogens is 1. The van der Waals surface area contributed by atoms with E-state index in [4.69, 9.17) is 4.74 Å². The third kappa shape index (κ3) is 6.19. The highest BCUT2D eigenvalue weighted by atomic mass is 79.9. The SMILES string of the molecule is CC[C@H](NC(=O)[C@H](C)NC(=O)OCc1ccccc1)c1ccc(Br)cc1. The van der Waals surface area contributed by atoms with E-state index in [2.05, 4.69) is 26.6 Å². The van der Waals surface area contributed by atoms with E-state index >= 15 is 0 Å². The molecule has 6 heteroatoms. The topological polar surface area (TPSA) is 67.4 Å². The number of nitrogens with one attached hydrogen (secondary N) is 2. The minimum atomic E-state index is -0.692. The van der Waals surface area contributed by atoms with Gasteiger partial charge in [0.15, 0.2) is 0 Å². The van der Waals surface area contributed by atoms with Crippen LogP contribution in [0.15, 0.2) is 59.1 Å².